The topological polar surface area (TPSA) is 71.1 Å². The summed E-state index contributed by atoms with van der Waals surface area (Å²) < 4.78 is 44.2. The lowest BCUT2D eigenvalue weighted by Gasteiger charge is -2.30. The average molecular weight is 367 g/mol. The highest BCUT2D eigenvalue weighted by atomic mass is 35.6. The van der Waals surface area contributed by atoms with Gasteiger partial charge in [-0.05, 0) is 25.7 Å². The van der Waals surface area contributed by atoms with Crippen LogP contribution in [0.25, 0.3) is 0 Å². The molecule has 2 unspecified atom stereocenters. The highest BCUT2D eigenvalue weighted by molar-refractivity contribution is 7.84. The highest BCUT2D eigenvalue weighted by Crippen LogP contribution is 2.32. The maximum atomic E-state index is 11.9. The van der Waals surface area contributed by atoms with Gasteiger partial charge in [0, 0.05) is 25.3 Å². The van der Waals surface area contributed by atoms with Gasteiger partial charge in [-0.3, -0.25) is 0 Å². The molecule has 2 atom stereocenters. The lowest BCUT2D eigenvalue weighted by atomic mass is 10.4. The third-order valence-electron chi connectivity index (χ3n) is 2.83. The van der Waals surface area contributed by atoms with E-state index in [1.165, 1.54) is 0 Å². The van der Waals surface area contributed by atoms with Crippen LogP contribution in [-0.2, 0) is 27.0 Å². The van der Waals surface area contributed by atoms with E-state index in [0.717, 1.165) is 25.7 Å². The summed E-state index contributed by atoms with van der Waals surface area (Å²) in [5.41, 5.74) is 0. The molecule has 2 rings (SSSR count). The SMILES string of the molecule is O=S(=O)(O[Si]1(Cl)CCCCO1)O[Si]1(Cl)CCCCO1. The molecule has 0 N–H and O–H groups in total. The Bertz CT molecular complexity index is 375. The third kappa shape index (κ3) is 4.93. The maximum Gasteiger partial charge on any atom is 0.461 e. The summed E-state index contributed by atoms with van der Waals surface area (Å²) in [6.07, 6.45) is 3.27. The lowest BCUT2D eigenvalue weighted by Crippen LogP contribution is -2.46. The normalized spacial score (nSPS) is 37.2. The maximum absolute atomic E-state index is 11.9. The molecular formula is C8H16Cl2O6SSi2. The van der Waals surface area contributed by atoms with Crippen molar-refractivity contribution in [3.05, 3.63) is 0 Å². The van der Waals surface area contributed by atoms with Crippen LogP contribution in [0.1, 0.15) is 25.7 Å². The second-order valence-electron chi connectivity index (χ2n) is 4.51. The summed E-state index contributed by atoms with van der Waals surface area (Å²) in [5, 5.41) is 0. The second kappa shape index (κ2) is 6.28. The van der Waals surface area contributed by atoms with E-state index >= 15 is 0 Å². The second-order valence-corrected chi connectivity index (χ2v) is 14.3. The molecule has 0 aromatic rings. The zero-order valence-electron chi connectivity index (χ0n) is 10.3. The quantitative estimate of drug-likeness (QED) is 0.561. The molecule has 0 aliphatic carbocycles. The van der Waals surface area contributed by atoms with Crippen LogP contribution in [0.5, 0.6) is 0 Å². The Labute approximate surface area is 124 Å². The first-order chi connectivity index (χ1) is 8.83. The van der Waals surface area contributed by atoms with Crippen molar-refractivity contribution in [2.45, 2.75) is 37.8 Å². The van der Waals surface area contributed by atoms with Crippen LogP contribution < -0.4 is 0 Å². The summed E-state index contributed by atoms with van der Waals surface area (Å²) >= 11 is 12.2. The van der Waals surface area contributed by atoms with E-state index in [0.29, 0.717) is 25.3 Å². The van der Waals surface area contributed by atoms with Crippen LogP contribution >= 0.6 is 22.2 Å². The van der Waals surface area contributed by atoms with Crippen molar-refractivity contribution in [3.63, 3.8) is 0 Å². The predicted molar refractivity (Wildman–Crippen MR) is 74.3 cm³/mol. The smallest absolute Gasteiger partial charge is 0.382 e. The van der Waals surface area contributed by atoms with Crippen molar-refractivity contribution in [1.82, 2.24) is 0 Å². The molecule has 0 aromatic heterocycles. The number of rotatable bonds is 4. The van der Waals surface area contributed by atoms with Gasteiger partial charge >= 0.3 is 26.1 Å². The molecule has 0 aromatic carbocycles. The first-order valence-corrected chi connectivity index (χ1v) is 13.5. The number of hydrogen-bond donors (Lipinski definition) is 0. The van der Waals surface area contributed by atoms with E-state index in [2.05, 4.69) is 0 Å². The minimum atomic E-state index is -4.29. The molecule has 0 saturated carbocycles. The van der Waals surface area contributed by atoms with E-state index in [4.69, 9.17) is 38.8 Å². The van der Waals surface area contributed by atoms with Crippen LogP contribution in [-0.4, -0.2) is 37.4 Å². The summed E-state index contributed by atoms with van der Waals surface area (Å²) in [7, 11) is -10.7. The van der Waals surface area contributed by atoms with E-state index < -0.39 is 26.1 Å². The van der Waals surface area contributed by atoms with Gasteiger partial charge in [0.2, 0.25) is 0 Å². The molecule has 0 radical (unpaired) electrons. The van der Waals surface area contributed by atoms with E-state index in [1.54, 1.807) is 0 Å². The standard InChI is InChI=1S/C8H16Cl2O6SSi2/c9-18(7-3-1-5-13-18)15-17(11,12)16-19(10)8-4-2-6-14-19/h1-8H2. The molecule has 6 nitrogen and oxygen atoms in total. The Morgan fingerprint density at radius 1 is 0.842 bits per heavy atom. The highest BCUT2D eigenvalue weighted by Gasteiger charge is 2.48. The molecular weight excluding hydrogens is 351 g/mol. The minimum absolute atomic E-state index is 0.408. The molecule has 2 saturated heterocycles. The summed E-state index contributed by atoms with van der Waals surface area (Å²) in [6, 6.07) is 0.823. The fourth-order valence-electron chi connectivity index (χ4n) is 1.92. The first kappa shape index (κ1) is 16.2. The monoisotopic (exact) mass is 366 g/mol. The van der Waals surface area contributed by atoms with Crippen molar-refractivity contribution in [3.8, 4) is 0 Å². The van der Waals surface area contributed by atoms with Crippen molar-refractivity contribution in [2.75, 3.05) is 13.2 Å². The lowest BCUT2D eigenvalue weighted by molar-refractivity contribution is 0.202. The van der Waals surface area contributed by atoms with Crippen molar-refractivity contribution in [2.24, 2.45) is 0 Å². The average Bonchev–Trinajstić information content (AvgIpc) is 2.27. The Morgan fingerprint density at radius 2 is 1.26 bits per heavy atom. The molecule has 0 bridgehead atoms. The van der Waals surface area contributed by atoms with Gasteiger partial charge in [0.1, 0.15) is 0 Å². The zero-order chi connectivity index (χ0) is 14.0. The molecule has 2 aliphatic rings. The van der Waals surface area contributed by atoms with Gasteiger partial charge in [-0.2, -0.15) is 8.42 Å². The van der Waals surface area contributed by atoms with Crippen molar-refractivity contribution < 1.29 is 25.0 Å². The third-order valence-corrected chi connectivity index (χ3v) is 12.5. The molecule has 0 spiro atoms. The number of halogens is 2. The zero-order valence-corrected chi connectivity index (χ0v) is 14.6. The molecule has 2 aliphatic heterocycles. The summed E-state index contributed by atoms with van der Waals surface area (Å²) in [4.78, 5) is 0. The molecule has 19 heavy (non-hydrogen) atoms. The van der Waals surface area contributed by atoms with E-state index in [9.17, 15) is 8.42 Å². The molecule has 112 valence electrons. The molecule has 0 amide bonds. The Morgan fingerprint density at radius 3 is 1.58 bits per heavy atom. The van der Waals surface area contributed by atoms with Gasteiger partial charge in [0.25, 0.3) is 0 Å². The summed E-state index contributed by atoms with van der Waals surface area (Å²) in [5.74, 6) is 0. The van der Waals surface area contributed by atoms with E-state index in [1.807, 2.05) is 0 Å². The predicted octanol–water partition coefficient (Wildman–Crippen LogP) is 2.24. The van der Waals surface area contributed by atoms with Gasteiger partial charge in [0.05, 0.1) is 0 Å². The Balaban J connectivity index is 1.97. The van der Waals surface area contributed by atoms with Crippen molar-refractivity contribution in [1.29, 1.82) is 0 Å². The molecule has 2 fully saturated rings. The largest absolute Gasteiger partial charge is 0.461 e. The van der Waals surface area contributed by atoms with Gasteiger partial charge in [-0.1, -0.05) is 22.2 Å². The number of hydrogen-bond acceptors (Lipinski definition) is 6. The van der Waals surface area contributed by atoms with Gasteiger partial charge in [0.15, 0.2) is 0 Å². The van der Waals surface area contributed by atoms with Gasteiger partial charge in [-0.15, -0.1) is 0 Å². The minimum Gasteiger partial charge on any atom is -0.382 e. The fourth-order valence-corrected chi connectivity index (χ4v) is 11.0. The summed E-state index contributed by atoms with van der Waals surface area (Å²) in [6.45, 7) is 0.816. The van der Waals surface area contributed by atoms with Gasteiger partial charge < -0.3 is 8.85 Å². The van der Waals surface area contributed by atoms with Crippen LogP contribution in [0.3, 0.4) is 0 Å². The molecule has 11 heteroatoms. The van der Waals surface area contributed by atoms with Crippen LogP contribution in [0, 0.1) is 0 Å². The fraction of sp³-hybridized carbons (Fsp3) is 1.00. The van der Waals surface area contributed by atoms with Gasteiger partial charge in [-0.25, -0.2) is 7.74 Å². The Kier molecular flexibility index (Phi) is 5.35. The van der Waals surface area contributed by atoms with Crippen LogP contribution in [0.15, 0.2) is 0 Å². The van der Waals surface area contributed by atoms with Crippen molar-refractivity contribution >= 4 is 48.3 Å². The Hall–Kier alpha value is 0.804. The first-order valence-electron chi connectivity index (χ1n) is 6.15. The van der Waals surface area contributed by atoms with E-state index in [-0.39, 0.29) is 0 Å². The molecule has 2 heterocycles. The van der Waals surface area contributed by atoms with Crippen LogP contribution in [0.2, 0.25) is 12.1 Å². The van der Waals surface area contributed by atoms with Crippen LogP contribution in [0.4, 0.5) is 0 Å².